The first-order valence-corrected chi connectivity index (χ1v) is 14.4. The molecule has 4 aliphatic rings. The van der Waals surface area contributed by atoms with Gasteiger partial charge in [0.25, 0.3) is 0 Å². The number of aliphatic hydroxyl groups is 3. The lowest BCUT2D eigenvalue weighted by Gasteiger charge is -2.56. The fourth-order valence-electron chi connectivity index (χ4n) is 4.99. The van der Waals surface area contributed by atoms with E-state index < -0.39 is 11.2 Å². The van der Waals surface area contributed by atoms with Gasteiger partial charge in [-0.15, -0.1) is 0 Å². The summed E-state index contributed by atoms with van der Waals surface area (Å²) in [5.74, 6) is 12.2. The highest BCUT2D eigenvalue weighted by Gasteiger charge is 2.55. The summed E-state index contributed by atoms with van der Waals surface area (Å²) in [7, 11) is 0. The predicted molar refractivity (Wildman–Crippen MR) is 151 cm³/mol. The summed E-state index contributed by atoms with van der Waals surface area (Å²) in [5.41, 5.74) is -0.635. The molecular weight excluding hydrogens is 444 g/mol. The highest BCUT2D eigenvalue weighted by atomic mass is 16.3. The maximum atomic E-state index is 10.1. The Morgan fingerprint density at radius 3 is 1.28 bits per heavy atom. The van der Waals surface area contributed by atoms with Gasteiger partial charge in [0.2, 0.25) is 0 Å². The molecule has 0 amide bonds. The summed E-state index contributed by atoms with van der Waals surface area (Å²) in [6, 6.07) is 0. The maximum absolute atomic E-state index is 10.1. The normalized spacial score (nSPS) is 24.1. The monoisotopic (exact) mass is 500 g/mol. The first-order valence-electron chi connectivity index (χ1n) is 14.4. The largest absolute Gasteiger partial charge is 0.390 e. The molecule has 0 radical (unpaired) electrons. The summed E-state index contributed by atoms with van der Waals surface area (Å²) in [6.07, 6.45) is 14.1. The van der Waals surface area contributed by atoms with Gasteiger partial charge in [-0.3, -0.25) is 0 Å². The Bertz CT molecular complexity index is 834. The minimum absolute atomic E-state index is 0.0120. The molecule has 4 saturated carbocycles. The van der Waals surface area contributed by atoms with Gasteiger partial charge in [0.05, 0.1) is 5.60 Å². The van der Waals surface area contributed by atoms with E-state index in [0.29, 0.717) is 10.8 Å². The zero-order valence-corrected chi connectivity index (χ0v) is 25.0. The summed E-state index contributed by atoms with van der Waals surface area (Å²) < 4.78 is 0. The van der Waals surface area contributed by atoms with Crippen LogP contribution in [0.25, 0.3) is 0 Å². The third kappa shape index (κ3) is 10.8. The van der Waals surface area contributed by atoms with Crippen LogP contribution in [0.15, 0.2) is 0 Å². The molecule has 0 heterocycles. The van der Waals surface area contributed by atoms with E-state index in [1.807, 2.05) is 0 Å². The lowest BCUT2D eigenvalue weighted by atomic mass is 9.50. The zero-order chi connectivity index (χ0) is 27.5. The molecule has 0 aliphatic heterocycles. The zero-order valence-electron chi connectivity index (χ0n) is 25.0. The Hall–Kier alpha value is -1.00. The van der Waals surface area contributed by atoms with E-state index in [0.717, 1.165) is 57.8 Å². The topological polar surface area (TPSA) is 60.7 Å². The van der Waals surface area contributed by atoms with E-state index in [4.69, 9.17) is 0 Å². The van der Waals surface area contributed by atoms with Crippen LogP contribution in [0, 0.1) is 45.3 Å². The second-order valence-corrected chi connectivity index (χ2v) is 15.8. The van der Waals surface area contributed by atoms with Gasteiger partial charge in [0, 0.05) is 10.8 Å². The van der Waals surface area contributed by atoms with Gasteiger partial charge in [0.1, 0.15) is 11.2 Å². The summed E-state index contributed by atoms with van der Waals surface area (Å²) in [6.45, 7) is 19.1. The first-order chi connectivity index (χ1) is 16.2. The lowest BCUT2D eigenvalue weighted by molar-refractivity contribution is -0.126. The second kappa shape index (κ2) is 11.0. The minimum Gasteiger partial charge on any atom is -0.390 e. The molecule has 0 unspecified atom stereocenters. The van der Waals surface area contributed by atoms with Crippen LogP contribution in [0.2, 0.25) is 0 Å². The van der Waals surface area contributed by atoms with Crippen LogP contribution >= 0.6 is 0 Å². The summed E-state index contributed by atoms with van der Waals surface area (Å²) in [5, 5.41) is 29.5. The molecule has 0 atom stereocenters. The molecule has 4 fully saturated rings. The Kier molecular flexibility index (Phi) is 9.54. The maximum Gasteiger partial charge on any atom is 0.126 e. The predicted octanol–water partition coefficient (Wildman–Crippen LogP) is 7.41. The van der Waals surface area contributed by atoms with Crippen LogP contribution < -0.4 is 0 Å². The lowest BCUT2D eigenvalue weighted by Crippen LogP contribution is -2.54. The van der Waals surface area contributed by atoms with Crippen molar-refractivity contribution in [3.63, 3.8) is 0 Å². The molecule has 3 N–H and O–H groups in total. The minimum atomic E-state index is -0.645. The quantitative estimate of drug-likeness (QED) is 0.346. The second-order valence-electron chi connectivity index (χ2n) is 15.8. The van der Waals surface area contributed by atoms with E-state index in [-0.39, 0.29) is 16.4 Å². The third-order valence-corrected chi connectivity index (χ3v) is 7.89. The van der Waals surface area contributed by atoms with Crippen LogP contribution in [0.5, 0.6) is 0 Å². The fourth-order valence-corrected chi connectivity index (χ4v) is 4.99. The Balaban J connectivity index is 0.000000193. The van der Waals surface area contributed by atoms with E-state index in [2.05, 4.69) is 86.0 Å². The molecular formula is C33H56O3. The molecule has 0 aromatic carbocycles. The van der Waals surface area contributed by atoms with Crippen LogP contribution in [0.3, 0.4) is 0 Å². The van der Waals surface area contributed by atoms with Gasteiger partial charge in [-0.2, -0.15) is 0 Å². The SMILES string of the molecule is CC(C)(C)C#CC1(O)CC2(CCC2)C1.CC(C)(C)C#CC1(O)CCC1.CC(C)(C)CCC1(O)CCC1. The Morgan fingerprint density at radius 1 is 0.583 bits per heavy atom. The first kappa shape index (κ1) is 31.2. The highest BCUT2D eigenvalue weighted by molar-refractivity contribution is 5.26. The number of hydrogen-bond acceptors (Lipinski definition) is 3. The average Bonchev–Trinajstić information content (AvgIpc) is 2.62. The molecule has 206 valence electrons. The third-order valence-electron chi connectivity index (χ3n) is 7.89. The smallest absolute Gasteiger partial charge is 0.126 e. The van der Waals surface area contributed by atoms with E-state index in [9.17, 15) is 15.3 Å². The number of hydrogen-bond donors (Lipinski definition) is 3. The molecule has 0 aromatic heterocycles. The van der Waals surface area contributed by atoms with Crippen molar-refractivity contribution >= 4 is 0 Å². The van der Waals surface area contributed by atoms with Crippen LogP contribution in [0.4, 0.5) is 0 Å². The van der Waals surface area contributed by atoms with E-state index in [1.54, 1.807) is 0 Å². The molecule has 0 aromatic rings. The van der Waals surface area contributed by atoms with Crippen molar-refractivity contribution in [1.29, 1.82) is 0 Å². The highest BCUT2D eigenvalue weighted by Crippen LogP contribution is 2.60. The van der Waals surface area contributed by atoms with Gasteiger partial charge in [0.15, 0.2) is 0 Å². The van der Waals surface area contributed by atoms with Gasteiger partial charge in [-0.1, -0.05) is 50.9 Å². The molecule has 4 aliphatic carbocycles. The van der Waals surface area contributed by atoms with Crippen LogP contribution in [-0.4, -0.2) is 32.1 Å². The Labute approximate surface area is 223 Å². The van der Waals surface area contributed by atoms with Crippen molar-refractivity contribution in [2.75, 3.05) is 0 Å². The molecule has 3 nitrogen and oxygen atoms in total. The van der Waals surface area contributed by atoms with Crippen LogP contribution in [-0.2, 0) is 0 Å². The summed E-state index contributed by atoms with van der Waals surface area (Å²) in [4.78, 5) is 0. The summed E-state index contributed by atoms with van der Waals surface area (Å²) >= 11 is 0. The Morgan fingerprint density at radius 2 is 1.00 bits per heavy atom. The molecule has 3 heteroatoms. The number of rotatable bonds is 2. The van der Waals surface area contributed by atoms with Crippen LogP contribution in [0.1, 0.15) is 146 Å². The molecule has 0 saturated heterocycles. The molecule has 0 bridgehead atoms. The average molecular weight is 501 g/mol. The van der Waals surface area contributed by atoms with Crippen molar-refractivity contribution in [3.05, 3.63) is 0 Å². The van der Waals surface area contributed by atoms with Gasteiger partial charge >= 0.3 is 0 Å². The van der Waals surface area contributed by atoms with E-state index >= 15 is 0 Å². The molecule has 36 heavy (non-hydrogen) atoms. The van der Waals surface area contributed by atoms with Gasteiger partial charge < -0.3 is 15.3 Å². The standard InChI is InChI=1S/C13H20O.C10H20O.C10H16O/c1-11(2,3)7-8-13(14)9-12(10-13)5-4-6-12;2*1-9(2,3)7-8-10(11)5-4-6-10/h14H,4-6,9-10H2,1-3H3;11H,4-8H2,1-3H3;11H,4-6H2,1-3H3. The van der Waals surface area contributed by atoms with E-state index in [1.165, 1.54) is 25.7 Å². The molecule has 4 rings (SSSR count). The van der Waals surface area contributed by atoms with Crippen molar-refractivity contribution in [2.24, 2.45) is 21.7 Å². The van der Waals surface area contributed by atoms with Crippen molar-refractivity contribution in [1.82, 2.24) is 0 Å². The van der Waals surface area contributed by atoms with Crippen molar-refractivity contribution < 1.29 is 15.3 Å². The van der Waals surface area contributed by atoms with Crippen molar-refractivity contribution in [3.8, 4) is 23.7 Å². The van der Waals surface area contributed by atoms with Crippen molar-refractivity contribution in [2.45, 2.75) is 163 Å². The van der Waals surface area contributed by atoms with Gasteiger partial charge in [-0.05, 0) is 129 Å². The van der Waals surface area contributed by atoms with Gasteiger partial charge in [-0.25, -0.2) is 0 Å². The fraction of sp³-hybridized carbons (Fsp3) is 0.879. The molecule has 1 spiro atoms.